The Balaban J connectivity index is 2.07. The van der Waals surface area contributed by atoms with Gasteiger partial charge in [0.15, 0.2) is 0 Å². The van der Waals surface area contributed by atoms with E-state index >= 15 is 0 Å². The van der Waals surface area contributed by atoms with Crippen molar-refractivity contribution in [3.8, 4) is 0 Å². The van der Waals surface area contributed by atoms with E-state index in [1.807, 2.05) is 13.0 Å². The molecule has 0 aliphatic carbocycles. The molecule has 0 bridgehead atoms. The van der Waals surface area contributed by atoms with Crippen LogP contribution in [0.3, 0.4) is 0 Å². The van der Waals surface area contributed by atoms with Crippen molar-refractivity contribution in [2.24, 2.45) is 0 Å². The molecule has 1 fully saturated rings. The number of piperidine rings is 1. The highest BCUT2D eigenvalue weighted by molar-refractivity contribution is 5.75. The van der Waals surface area contributed by atoms with Crippen LogP contribution in [-0.4, -0.2) is 36.0 Å². The molecule has 2 heterocycles. The smallest absolute Gasteiger partial charge is 0.220 e. The number of carbonyl (C=O) groups excluding carboxylic acids is 1. The third-order valence-electron chi connectivity index (χ3n) is 3.47. The van der Waals surface area contributed by atoms with E-state index in [1.165, 1.54) is 6.42 Å². The number of hydrogen-bond acceptors (Lipinski definition) is 4. The highest BCUT2D eigenvalue weighted by Gasteiger charge is 2.18. The molecule has 5 nitrogen and oxygen atoms in total. The van der Waals surface area contributed by atoms with Crippen LogP contribution in [0.25, 0.3) is 0 Å². The largest absolute Gasteiger partial charge is 0.359 e. The van der Waals surface area contributed by atoms with E-state index in [4.69, 9.17) is 0 Å². The monoisotopic (exact) mass is 262 g/mol. The van der Waals surface area contributed by atoms with Gasteiger partial charge in [0, 0.05) is 37.3 Å². The summed E-state index contributed by atoms with van der Waals surface area (Å²) >= 11 is 0. The summed E-state index contributed by atoms with van der Waals surface area (Å²) in [6.45, 7) is 4.04. The lowest BCUT2D eigenvalue weighted by Gasteiger charge is -2.22. The molecule has 104 valence electrons. The number of nitrogens with zero attached hydrogens (tertiary/aromatic N) is 2. The Bertz CT molecular complexity index is 441. The SMILES string of the molecule is CNC(=O)CCc1cc(C)nc([C@H]2CCCNC2)n1. The van der Waals surface area contributed by atoms with E-state index in [2.05, 4.69) is 20.6 Å². The van der Waals surface area contributed by atoms with E-state index in [1.54, 1.807) is 7.05 Å². The van der Waals surface area contributed by atoms with Crippen LogP contribution in [0.15, 0.2) is 6.07 Å². The van der Waals surface area contributed by atoms with Gasteiger partial charge in [0.25, 0.3) is 0 Å². The highest BCUT2D eigenvalue weighted by atomic mass is 16.1. The molecule has 0 aromatic carbocycles. The second kappa shape index (κ2) is 6.61. The zero-order valence-corrected chi connectivity index (χ0v) is 11.7. The Morgan fingerprint density at radius 3 is 3.05 bits per heavy atom. The fourth-order valence-corrected chi connectivity index (χ4v) is 2.41. The Kier molecular flexibility index (Phi) is 4.85. The van der Waals surface area contributed by atoms with Crippen molar-refractivity contribution in [2.45, 2.75) is 38.5 Å². The normalized spacial score (nSPS) is 19.2. The first-order valence-electron chi connectivity index (χ1n) is 6.95. The molecule has 1 aromatic heterocycles. The fourth-order valence-electron chi connectivity index (χ4n) is 2.41. The van der Waals surface area contributed by atoms with E-state index in [0.29, 0.717) is 18.8 Å². The lowest BCUT2D eigenvalue weighted by Crippen LogP contribution is -2.29. The van der Waals surface area contributed by atoms with Crippen LogP contribution >= 0.6 is 0 Å². The van der Waals surface area contributed by atoms with Crippen LogP contribution in [0.2, 0.25) is 0 Å². The average Bonchev–Trinajstić information content (AvgIpc) is 2.45. The Morgan fingerprint density at radius 2 is 2.37 bits per heavy atom. The minimum Gasteiger partial charge on any atom is -0.359 e. The number of carbonyl (C=O) groups is 1. The zero-order valence-electron chi connectivity index (χ0n) is 11.7. The summed E-state index contributed by atoms with van der Waals surface area (Å²) < 4.78 is 0. The van der Waals surface area contributed by atoms with Crippen LogP contribution in [-0.2, 0) is 11.2 Å². The maximum Gasteiger partial charge on any atom is 0.220 e. The molecular weight excluding hydrogens is 240 g/mol. The molecule has 1 aliphatic rings. The van der Waals surface area contributed by atoms with E-state index in [9.17, 15) is 4.79 Å². The van der Waals surface area contributed by atoms with Gasteiger partial charge in [-0.1, -0.05) is 0 Å². The van der Waals surface area contributed by atoms with Crippen molar-refractivity contribution in [3.63, 3.8) is 0 Å². The topological polar surface area (TPSA) is 66.9 Å². The lowest BCUT2D eigenvalue weighted by atomic mass is 9.98. The third kappa shape index (κ3) is 3.99. The van der Waals surface area contributed by atoms with E-state index in [-0.39, 0.29) is 5.91 Å². The highest BCUT2D eigenvalue weighted by Crippen LogP contribution is 2.20. The van der Waals surface area contributed by atoms with Crippen molar-refractivity contribution in [3.05, 3.63) is 23.3 Å². The van der Waals surface area contributed by atoms with Gasteiger partial charge in [0.1, 0.15) is 5.82 Å². The molecule has 2 N–H and O–H groups in total. The van der Waals surface area contributed by atoms with Crippen molar-refractivity contribution in [1.82, 2.24) is 20.6 Å². The number of nitrogens with one attached hydrogen (secondary N) is 2. The zero-order chi connectivity index (χ0) is 13.7. The standard InChI is InChI=1S/C14H22N4O/c1-10-8-12(5-6-13(19)15-2)18-14(17-10)11-4-3-7-16-9-11/h8,11,16H,3-7,9H2,1-2H3,(H,15,19)/t11-/m0/s1. The first-order chi connectivity index (χ1) is 9.19. The molecule has 5 heteroatoms. The number of amides is 1. The summed E-state index contributed by atoms with van der Waals surface area (Å²) in [7, 11) is 1.66. The predicted molar refractivity (Wildman–Crippen MR) is 74.0 cm³/mol. The van der Waals surface area contributed by atoms with Gasteiger partial charge in [-0.3, -0.25) is 4.79 Å². The quantitative estimate of drug-likeness (QED) is 0.847. The molecule has 0 spiro atoms. The van der Waals surface area contributed by atoms with Crippen molar-refractivity contribution >= 4 is 5.91 Å². The molecule has 1 aromatic rings. The average molecular weight is 262 g/mol. The van der Waals surface area contributed by atoms with Gasteiger partial charge in [-0.05, 0) is 38.8 Å². The first-order valence-corrected chi connectivity index (χ1v) is 6.95. The summed E-state index contributed by atoms with van der Waals surface area (Å²) in [6, 6.07) is 1.97. The Labute approximate surface area is 114 Å². The van der Waals surface area contributed by atoms with Crippen LogP contribution in [0.4, 0.5) is 0 Å². The third-order valence-corrected chi connectivity index (χ3v) is 3.47. The molecular formula is C14H22N4O. The summed E-state index contributed by atoms with van der Waals surface area (Å²) in [6.07, 6.45) is 3.48. The number of aromatic nitrogens is 2. The maximum atomic E-state index is 11.3. The van der Waals surface area contributed by atoms with Crippen molar-refractivity contribution < 1.29 is 4.79 Å². The second-order valence-electron chi connectivity index (χ2n) is 5.08. The minimum absolute atomic E-state index is 0.0529. The molecule has 1 aliphatic heterocycles. The lowest BCUT2D eigenvalue weighted by molar-refractivity contribution is -0.120. The van der Waals surface area contributed by atoms with Gasteiger partial charge >= 0.3 is 0 Å². The van der Waals surface area contributed by atoms with E-state index in [0.717, 1.165) is 36.7 Å². The summed E-state index contributed by atoms with van der Waals surface area (Å²) in [4.78, 5) is 20.5. The molecule has 1 amide bonds. The number of rotatable bonds is 4. The van der Waals surface area contributed by atoms with Gasteiger partial charge in [-0.2, -0.15) is 0 Å². The van der Waals surface area contributed by atoms with Crippen molar-refractivity contribution in [2.75, 3.05) is 20.1 Å². The molecule has 0 saturated carbocycles. The first kappa shape index (κ1) is 13.9. The van der Waals surface area contributed by atoms with E-state index < -0.39 is 0 Å². The van der Waals surface area contributed by atoms with Crippen LogP contribution in [0, 0.1) is 6.92 Å². The fraction of sp³-hybridized carbons (Fsp3) is 0.643. The summed E-state index contributed by atoms with van der Waals surface area (Å²) in [5, 5.41) is 6.02. The molecule has 0 unspecified atom stereocenters. The van der Waals surface area contributed by atoms with Gasteiger partial charge in [-0.15, -0.1) is 0 Å². The van der Waals surface area contributed by atoms with Crippen LogP contribution in [0.1, 0.15) is 42.4 Å². The minimum atomic E-state index is 0.0529. The Hall–Kier alpha value is -1.49. The summed E-state index contributed by atoms with van der Waals surface area (Å²) in [5.74, 6) is 1.39. The second-order valence-corrected chi connectivity index (χ2v) is 5.08. The van der Waals surface area contributed by atoms with Gasteiger partial charge in [0.2, 0.25) is 5.91 Å². The molecule has 2 rings (SSSR count). The van der Waals surface area contributed by atoms with Crippen LogP contribution in [0.5, 0.6) is 0 Å². The van der Waals surface area contributed by atoms with Gasteiger partial charge < -0.3 is 10.6 Å². The van der Waals surface area contributed by atoms with Gasteiger partial charge in [0.05, 0.1) is 0 Å². The molecule has 1 atom stereocenters. The summed E-state index contributed by atoms with van der Waals surface area (Å²) in [5.41, 5.74) is 1.96. The number of aryl methyl sites for hydroxylation is 2. The molecule has 0 radical (unpaired) electrons. The van der Waals surface area contributed by atoms with Crippen molar-refractivity contribution in [1.29, 1.82) is 0 Å². The molecule has 1 saturated heterocycles. The van der Waals surface area contributed by atoms with Crippen LogP contribution < -0.4 is 10.6 Å². The molecule has 19 heavy (non-hydrogen) atoms. The number of hydrogen-bond donors (Lipinski definition) is 2. The van der Waals surface area contributed by atoms with Gasteiger partial charge in [-0.25, -0.2) is 9.97 Å². The predicted octanol–water partition coefficient (Wildman–Crippen LogP) is 0.931. The Morgan fingerprint density at radius 1 is 1.53 bits per heavy atom. The maximum absolute atomic E-state index is 11.3.